The van der Waals surface area contributed by atoms with Gasteiger partial charge in [0.1, 0.15) is 4.90 Å². The van der Waals surface area contributed by atoms with Crippen LogP contribution in [0, 0.1) is 12.8 Å². The van der Waals surface area contributed by atoms with Gasteiger partial charge in [0.15, 0.2) is 0 Å². The number of rotatable bonds is 4. The molecule has 3 aromatic rings. The maximum absolute atomic E-state index is 13.3. The van der Waals surface area contributed by atoms with Gasteiger partial charge in [0, 0.05) is 43.1 Å². The lowest BCUT2D eigenvalue weighted by Gasteiger charge is -2.17. The second-order valence-electron chi connectivity index (χ2n) is 6.77. The van der Waals surface area contributed by atoms with Crippen molar-refractivity contribution in [1.29, 1.82) is 0 Å². The monoisotopic (exact) mass is 388 g/mol. The Balaban J connectivity index is 1.74. The van der Waals surface area contributed by atoms with Crippen molar-refractivity contribution in [3.8, 4) is 0 Å². The lowest BCUT2D eigenvalue weighted by atomic mass is 9.92. The molecule has 7 heteroatoms. The zero-order chi connectivity index (χ0) is 18.3. The Morgan fingerprint density at radius 3 is 2.88 bits per heavy atom. The zero-order valence-electron chi connectivity index (χ0n) is 14.4. The highest BCUT2D eigenvalue weighted by Gasteiger charge is 2.40. The summed E-state index contributed by atoms with van der Waals surface area (Å²) < 4.78 is 28.1. The minimum atomic E-state index is -3.68. The van der Waals surface area contributed by atoms with E-state index in [1.807, 2.05) is 35.9 Å². The molecule has 2 unspecified atom stereocenters. The third-order valence-corrected chi connectivity index (χ3v) is 7.61. The first kappa shape index (κ1) is 17.6. The number of aromatic nitrogens is 1. The lowest BCUT2D eigenvalue weighted by Crippen LogP contribution is -2.29. The second-order valence-corrected chi connectivity index (χ2v) is 9.45. The number of thiophene rings is 1. The number of aliphatic hydroxyl groups excluding tert-OH is 1. The Hall–Kier alpha value is -1.80. The number of aliphatic hydroxyl groups is 1. The molecule has 1 N–H and O–H groups in total. The van der Waals surface area contributed by atoms with Crippen LogP contribution in [-0.4, -0.2) is 42.5 Å². The molecule has 0 aliphatic carbocycles. The summed E-state index contributed by atoms with van der Waals surface area (Å²) in [6.45, 7) is 2.61. The molecule has 1 aliphatic rings. The molecular weight excluding hydrogens is 368 g/mol. The average Bonchev–Trinajstić information content (AvgIpc) is 3.30. The van der Waals surface area contributed by atoms with Crippen LogP contribution >= 0.6 is 11.3 Å². The zero-order valence-corrected chi connectivity index (χ0v) is 16.0. The third kappa shape index (κ3) is 2.95. The molecule has 4 rings (SSSR count). The summed E-state index contributed by atoms with van der Waals surface area (Å²) >= 11 is 1.59. The molecule has 0 bridgehead atoms. The number of fused-ring (bicyclic) bond motifs is 1. The molecule has 0 spiro atoms. The Labute approximate surface area is 157 Å². The minimum Gasteiger partial charge on any atom is -0.396 e. The highest BCUT2D eigenvalue weighted by atomic mass is 32.2. The summed E-state index contributed by atoms with van der Waals surface area (Å²) in [7, 11) is -3.68. The van der Waals surface area contributed by atoms with Gasteiger partial charge >= 0.3 is 0 Å². The Morgan fingerprint density at radius 2 is 2.15 bits per heavy atom. The maximum Gasteiger partial charge on any atom is 0.245 e. The van der Waals surface area contributed by atoms with Gasteiger partial charge in [-0.05, 0) is 47.0 Å². The van der Waals surface area contributed by atoms with Gasteiger partial charge < -0.3 is 5.11 Å². The lowest BCUT2D eigenvalue weighted by molar-refractivity contribution is 0.223. The standard InChI is InChI=1S/C19H20N2O3S2/c1-13-7-14-3-2-4-18(19(14)20-8-13)26(23,24)21-9-16(11-22)17(10-21)15-5-6-25-12-15/h2-8,12,16-17,22H,9-11H2,1H3. The van der Waals surface area contributed by atoms with Gasteiger partial charge in [-0.2, -0.15) is 15.6 Å². The Kier molecular flexibility index (Phi) is 4.56. The number of para-hydroxylation sites is 1. The highest BCUT2D eigenvalue weighted by Crippen LogP contribution is 2.37. The first-order valence-corrected chi connectivity index (χ1v) is 10.9. The largest absolute Gasteiger partial charge is 0.396 e. The summed E-state index contributed by atoms with van der Waals surface area (Å²) in [5.74, 6) is -0.0734. The van der Waals surface area contributed by atoms with Crippen LogP contribution in [-0.2, 0) is 10.0 Å². The van der Waals surface area contributed by atoms with Gasteiger partial charge in [0.2, 0.25) is 10.0 Å². The molecule has 1 saturated heterocycles. The topological polar surface area (TPSA) is 70.5 Å². The predicted molar refractivity (Wildman–Crippen MR) is 103 cm³/mol. The van der Waals surface area contributed by atoms with Gasteiger partial charge in [-0.1, -0.05) is 12.1 Å². The third-order valence-electron chi connectivity index (χ3n) is 5.04. The molecule has 5 nitrogen and oxygen atoms in total. The molecule has 26 heavy (non-hydrogen) atoms. The number of benzene rings is 1. The predicted octanol–water partition coefficient (Wildman–Crippen LogP) is 3.00. The van der Waals surface area contributed by atoms with Crippen LogP contribution in [0.2, 0.25) is 0 Å². The van der Waals surface area contributed by atoms with Crippen LogP contribution in [0.5, 0.6) is 0 Å². The van der Waals surface area contributed by atoms with Crippen LogP contribution in [0.15, 0.2) is 52.2 Å². The number of nitrogens with zero attached hydrogens (tertiary/aromatic N) is 2. The van der Waals surface area contributed by atoms with E-state index < -0.39 is 10.0 Å². The van der Waals surface area contributed by atoms with Crippen molar-refractivity contribution in [2.45, 2.75) is 17.7 Å². The van der Waals surface area contributed by atoms with E-state index in [-0.39, 0.29) is 23.3 Å². The van der Waals surface area contributed by atoms with Crippen molar-refractivity contribution in [2.75, 3.05) is 19.7 Å². The number of aryl methyl sites for hydroxylation is 1. The molecular formula is C19H20N2O3S2. The van der Waals surface area contributed by atoms with Crippen molar-refractivity contribution in [1.82, 2.24) is 9.29 Å². The summed E-state index contributed by atoms with van der Waals surface area (Å²) in [5.41, 5.74) is 2.59. The van der Waals surface area contributed by atoms with Crippen LogP contribution < -0.4 is 0 Å². The summed E-state index contributed by atoms with van der Waals surface area (Å²) in [4.78, 5) is 4.61. The Morgan fingerprint density at radius 1 is 1.31 bits per heavy atom. The molecule has 1 aliphatic heterocycles. The quantitative estimate of drug-likeness (QED) is 0.746. The van der Waals surface area contributed by atoms with Gasteiger partial charge in [0.05, 0.1) is 5.52 Å². The molecule has 2 atom stereocenters. The van der Waals surface area contributed by atoms with Gasteiger partial charge in [-0.15, -0.1) is 0 Å². The minimum absolute atomic E-state index is 0.0196. The van der Waals surface area contributed by atoms with Crippen molar-refractivity contribution in [2.24, 2.45) is 5.92 Å². The molecule has 0 amide bonds. The number of hydrogen-bond acceptors (Lipinski definition) is 5. The van der Waals surface area contributed by atoms with Crippen molar-refractivity contribution < 1.29 is 13.5 Å². The fourth-order valence-corrected chi connectivity index (χ4v) is 6.08. The first-order valence-electron chi connectivity index (χ1n) is 8.49. The van der Waals surface area contributed by atoms with E-state index in [1.165, 1.54) is 4.31 Å². The maximum atomic E-state index is 13.3. The number of hydrogen-bond donors (Lipinski definition) is 1. The van der Waals surface area contributed by atoms with E-state index in [0.29, 0.717) is 18.6 Å². The van der Waals surface area contributed by atoms with E-state index in [1.54, 1.807) is 29.7 Å². The van der Waals surface area contributed by atoms with Crippen molar-refractivity contribution in [3.63, 3.8) is 0 Å². The fraction of sp³-hybridized carbons (Fsp3) is 0.316. The summed E-state index contributed by atoms with van der Waals surface area (Å²) in [5, 5.41) is 14.6. The second kappa shape index (κ2) is 6.74. The normalized spacial score (nSPS) is 21.5. The molecule has 2 aromatic heterocycles. The SMILES string of the molecule is Cc1cnc2c(S(=O)(=O)N3CC(CO)C(c4ccsc4)C3)cccc2c1. The summed E-state index contributed by atoms with van der Waals surface area (Å²) in [6.07, 6.45) is 1.69. The van der Waals surface area contributed by atoms with Gasteiger partial charge in [-0.25, -0.2) is 8.42 Å². The molecule has 1 fully saturated rings. The van der Waals surface area contributed by atoms with Crippen LogP contribution in [0.1, 0.15) is 17.0 Å². The molecule has 0 radical (unpaired) electrons. The van der Waals surface area contributed by atoms with Crippen molar-refractivity contribution >= 4 is 32.3 Å². The number of pyridine rings is 1. The van der Waals surface area contributed by atoms with Gasteiger partial charge in [-0.3, -0.25) is 4.98 Å². The van der Waals surface area contributed by atoms with E-state index in [9.17, 15) is 13.5 Å². The smallest absolute Gasteiger partial charge is 0.245 e. The molecule has 0 saturated carbocycles. The van der Waals surface area contributed by atoms with E-state index in [4.69, 9.17) is 0 Å². The van der Waals surface area contributed by atoms with Crippen molar-refractivity contribution in [3.05, 3.63) is 58.4 Å². The van der Waals surface area contributed by atoms with E-state index >= 15 is 0 Å². The Bertz CT molecular complexity index is 1030. The average molecular weight is 389 g/mol. The van der Waals surface area contributed by atoms with Gasteiger partial charge in [0.25, 0.3) is 0 Å². The summed E-state index contributed by atoms with van der Waals surface area (Å²) in [6, 6.07) is 9.20. The van der Waals surface area contributed by atoms with Crippen LogP contribution in [0.4, 0.5) is 0 Å². The first-order chi connectivity index (χ1) is 12.5. The van der Waals surface area contributed by atoms with Crippen LogP contribution in [0.3, 0.4) is 0 Å². The van der Waals surface area contributed by atoms with E-state index in [0.717, 1.165) is 16.5 Å². The molecule has 136 valence electrons. The molecule has 1 aromatic carbocycles. The number of sulfonamides is 1. The highest BCUT2D eigenvalue weighted by molar-refractivity contribution is 7.89. The van der Waals surface area contributed by atoms with E-state index in [2.05, 4.69) is 4.98 Å². The fourth-order valence-electron chi connectivity index (χ4n) is 3.67. The molecule has 3 heterocycles. The van der Waals surface area contributed by atoms with Crippen LogP contribution in [0.25, 0.3) is 10.9 Å².